The third kappa shape index (κ3) is 3.82. The van der Waals surface area contributed by atoms with Crippen LogP contribution < -0.4 is 11.1 Å². The molecule has 1 fully saturated rings. The zero-order valence-electron chi connectivity index (χ0n) is 12.5. The van der Waals surface area contributed by atoms with E-state index in [1.807, 2.05) is 6.92 Å². The fourth-order valence-corrected chi connectivity index (χ4v) is 2.70. The SMILES string of the molecule is COC(=O)c1ccc(C)c(NC(=O)C2CCCC(N)C2)c1. The van der Waals surface area contributed by atoms with Gasteiger partial charge in [0.05, 0.1) is 12.7 Å². The number of amides is 1. The first-order valence-electron chi connectivity index (χ1n) is 7.26. The van der Waals surface area contributed by atoms with Crippen LogP contribution in [0.4, 0.5) is 5.69 Å². The molecule has 0 spiro atoms. The number of hydrogen-bond donors (Lipinski definition) is 2. The van der Waals surface area contributed by atoms with Gasteiger partial charge in [-0.15, -0.1) is 0 Å². The standard InChI is InChI=1S/C16H22N2O3/c1-10-6-7-12(16(20)21-2)9-14(10)18-15(19)11-4-3-5-13(17)8-11/h6-7,9,11,13H,3-5,8,17H2,1-2H3,(H,18,19). The molecule has 21 heavy (non-hydrogen) atoms. The molecule has 5 heteroatoms. The van der Waals surface area contributed by atoms with Crippen LogP contribution in [0.2, 0.25) is 0 Å². The number of carbonyl (C=O) groups is 2. The Hall–Kier alpha value is -1.88. The van der Waals surface area contributed by atoms with Gasteiger partial charge in [-0.3, -0.25) is 4.79 Å². The second kappa shape index (κ2) is 6.72. The molecule has 1 saturated carbocycles. The third-order valence-electron chi connectivity index (χ3n) is 4.00. The molecule has 3 N–H and O–H groups in total. The lowest BCUT2D eigenvalue weighted by molar-refractivity contribution is -0.120. The number of rotatable bonds is 3. The molecule has 1 aromatic rings. The van der Waals surface area contributed by atoms with Crippen LogP contribution in [0.15, 0.2) is 18.2 Å². The minimum atomic E-state index is -0.412. The first-order chi connectivity index (χ1) is 10.0. The van der Waals surface area contributed by atoms with Gasteiger partial charge in [0, 0.05) is 17.6 Å². The molecule has 0 bridgehead atoms. The Morgan fingerprint density at radius 3 is 2.76 bits per heavy atom. The first kappa shape index (κ1) is 15.5. The van der Waals surface area contributed by atoms with Gasteiger partial charge in [-0.05, 0) is 43.9 Å². The number of aryl methyl sites for hydroxylation is 1. The van der Waals surface area contributed by atoms with Crippen molar-refractivity contribution in [2.45, 2.75) is 38.6 Å². The smallest absolute Gasteiger partial charge is 0.337 e. The minimum absolute atomic E-state index is 0.0183. The van der Waals surface area contributed by atoms with Gasteiger partial charge >= 0.3 is 5.97 Å². The second-order valence-corrected chi connectivity index (χ2v) is 5.63. The Morgan fingerprint density at radius 2 is 2.10 bits per heavy atom. The molecule has 2 unspecified atom stereocenters. The van der Waals surface area contributed by atoms with Gasteiger partial charge in [0.15, 0.2) is 0 Å². The molecule has 2 atom stereocenters. The Morgan fingerprint density at radius 1 is 1.33 bits per heavy atom. The topological polar surface area (TPSA) is 81.4 Å². The van der Waals surface area contributed by atoms with Crippen molar-refractivity contribution in [3.63, 3.8) is 0 Å². The van der Waals surface area contributed by atoms with Crippen molar-refractivity contribution in [3.8, 4) is 0 Å². The molecule has 0 radical (unpaired) electrons. The van der Waals surface area contributed by atoms with Crippen LogP contribution >= 0.6 is 0 Å². The van der Waals surface area contributed by atoms with Crippen LogP contribution in [0.25, 0.3) is 0 Å². The van der Waals surface area contributed by atoms with Crippen molar-refractivity contribution in [1.29, 1.82) is 0 Å². The normalized spacial score (nSPS) is 21.7. The van der Waals surface area contributed by atoms with E-state index in [9.17, 15) is 9.59 Å². The maximum atomic E-state index is 12.3. The summed E-state index contributed by atoms with van der Waals surface area (Å²) in [5.41, 5.74) is 7.92. The van der Waals surface area contributed by atoms with E-state index in [2.05, 4.69) is 5.32 Å². The Balaban J connectivity index is 2.11. The van der Waals surface area contributed by atoms with Crippen molar-refractivity contribution >= 4 is 17.6 Å². The zero-order chi connectivity index (χ0) is 15.4. The number of methoxy groups -OCH3 is 1. The summed E-state index contributed by atoms with van der Waals surface area (Å²) in [6.45, 7) is 1.89. The average Bonchev–Trinajstić information content (AvgIpc) is 2.48. The largest absolute Gasteiger partial charge is 0.465 e. The molecule has 1 aromatic carbocycles. The molecule has 0 heterocycles. The Bertz CT molecular complexity index is 542. The van der Waals surface area contributed by atoms with Gasteiger partial charge in [0.1, 0.15) is 0 Å². The predicted octanol–water partition coefficient (Wildman–Crippen LogP) is 2.24. The Kier molecular flexibility index (Phi) is 4.96. The number of esters is 1. The summed E-state index contributed by atoms with van der Waals surface area (Å²) in [6.07, 6.45) is 3.57. The van der Waals surface area contributed by atoms with Crippen LogP contribution in [0.1, 0.15) is 41.6 Å². The fraction of sp³-hybridized carbons (Fsp3) is 0.500. The number of anilines is 1. The van der Waals surface area contributed by atoms with Crippen molar-refractivity contribution in [1.82, 2.24) is 0 Å². The summed E-state index contributed by atoms with van der Waals surface area (Å²) < 4.78 is 4.70. The summed E-state index contributed by atoms with van der Waals surface area (Å²) in [5.74, 6) is -0.476. The molecule has 2 rings (SSSR count). The van der Waals surface area contributed by atoms with Gasteiger partial charge in [-0.2, -0.15) is 0 Å². The minimum Gasteiger partial charge on any atom is -0.465 e. The van der Waals surface area contributed by atoms with E-state index in [0.29, 0.717) is 11.3 Å². The number of ether oxygens (including phenoxy) is 1. The molecule has 1 amide bonds. The van der Waals surface area contributed by atoms with Gasteiger partial charge in [0.2, 0.25) is 5.91 Å². The summed E-state index contributed by atoms with van der Waals surface area (Å²) in [7, 11) is 1.34. The van der Waals surface area contributed by atoms with E-state index >= 15 is 0 Å². The summed E-state index contributed by atoms with van der Waals surface area (Å²) in [6, 6.07) is 5.25. The quantitative estimate of drug-likeness (QED) is 0.836. The number of nitrogens with two attached hydrogens (primary N) is 1. The van der Waals surface area contributed by atoms with Crippen molar-refractivity contribution in [2.75, 3.05) is 12.4 Å². The summed E-state index contributed by atoms with van der Waals surface area (Å²) in [5, 5.41) is 2.92. The molecular weight excluding hydrogens is 268 g/mol. The lowest BCUT2D eigenvalue weighted by Crippen LogP contribution is -2.34. The van der Waals surface area contributed by atoms with E-state index in [4.69, 9.17) is 10.5 Å². The maximum absolute atomic E-state index is 12.3. The van der Waals surface area contributed by atoms with Crippen molar-refractivity contribution < 1.29 is 14.3 Å². The van der Waals surface area contributed by atoms with Crippen molar-refractivity contribution in [2.24, 2.45) is 11.7 Å². The lowest BCUT2D eigenvalue weighted by atomic mass is 9.85. The average molecular weight is 290 g/mol. The van der Waals surface area contributed by atoms with Crippen LogP contribution in [0.5, 0.6) is 0 Å². The van der Waals surface area contributed by atoms with Crippen LogP contribution in [0, 0.1) is 12.8 Å². The highest BCUT2D eigenvalue weighted by molar-refractivity contribution is 5.96. The molecule has 0 saturated heterocycles. The molecular formula is C16H22N2O3. The van der Waals surface area contributed by atoms with Gasteiger partial charge < -0.3 is 15.8 Å². The predicted molar refractivity (Wildman–Crippen MR) is 81.1 cm³/mol. The first-order valence-corrected chi connectivity index (χ1v) is 7.26. The third-order valence-corrected chi connectivity index (χ3v) is 4.00. The van der Waals surface area contributed by atoms with E-state index in [1.54, 1.807) is 18.2 Å². The second-order valence-electron chi connectivity index (χ2n) is 5.63. The highest BCUT2D eigenvalue weighted by Crippen LogP contribution is 2.25. The molecule has 1 aliphatic carbocycles. The summed E-state index contributed by atoms with van der Waals surface area (Å²) in [4.78, 5) is 23.9. The van der Waals surface area contributed by atoms with E-state index in [1.165, 1.54) is 7.11 Å². The summed E-state index contributed by atoms with van der Waals surface area (Å²) >= 11 is 0. The van der Waals surface area contributed by atoms with E-state index in [-0.39, 0.29) is 17.9 Å². The molecule has 114 valence electrons. The lowest BCUT2D eigenvalue weighted by Gasteiger charge is -2.26. The van der Waals surface area contributed by atoms with E-state index in [0.717, 1.165) is 31.2 Å². The monoisotopic (exact) mass is 290 g/mol. The molecule has 1 aliphatic rings. The number of carbonyl (C=O) groups excluding carboxylic acids is 2. The highest BCUT2D eigenvalue weighted by atomic mass is 16.5. The molecule has 0 aromatic heterocycles. The Labute approximate surface area is 124 Å². The van der Waals surface area contributed by atoms with Gasteiger partial charge in [-0.1, -0.05) is 12.5 Å². The number of hydrogen-bond acceptors (Lipinski definition) is 4. The molecule has 5 nitrogen and oxygen atoms in total. The van der Waals surface area contributed by atoms with Crippen molar-refractivity contribution in [3.05, 3.63) is 29.3 Å². The highest BCUT2D eigenvalue weighted by Gasteiger charge is 2.25. The van der Waals surface area contributed by atoms with Gasteiger partial charge in [0.25, 0.3) is 0 Å². The molecule has 0 aliphatic heterocycles. The van der Waals surface area contributed by atoms with Crippen LogP contribution in [-0.4, -0.2) is 25.0 Å². The fourth-order valence-electron chi connectivity index (χ4n) is 2.70. The zero-order valence-corrected chi connectivity index (χ0v) is 12.5. The number of benzene rings is 1. The van der Waals surface area contributed by atoms with Gasteiger partial charge in [-0.25, -0.2) is 4.79 Å². The van der Waals surface area contributed by atoms with E-state index < -0.39 is 5.97 Å². The van der Waals surface area contributed by atoms with Crippen LogP contribution in [-0.2, 0) is 9.53 Å². The van der Waals surface area contributed by atoms with Crippen LogP contribution in [0.3, 0.4) is 0 Å². The maximum Gasteiger partial charge on any atom is 0.337 e. The number of nitrogens with one attached hydrogen (secondary N) is 1.